The van der Waals surface area contributed by atoms with Crippen molar-refractivity contribution in [1.29, 1.82) is 10.8 Å². The number of carbonyl (C=O) groups excluding carboxylic acids is 1. The number of anilines is 2. The van der Waals surface area contributed by atoms with Crippen molar-refractivity contribution in [3.63, 3.8) is 0 Å². The lowest BCUT2D eigenvalue weighted by Gasteiger charge is -2.21. The Kier molecular flexibility index (Phi) is 6.92. The summed E-state index contributed by atoms with van der Waals surface area (Å²) in [6.45, 7) is 3.38. The zero-order valence-corrected chi connectivity index (χ0v) is 21.5. The standard InChI is InChI=1S/C26H29FN6O3S/c1-14(20-6-4-5-16(12-28)25(20)32-18-7-8-18)31-26(34)22-11-23(15(2)33(22)3)37(35,36)19-9-17(13-29)24(30)21(27)10-19/h4-6,9-14,18,28-29,32H,7-8,30H2,1-3H3,(H,31,34)/t14-/m0/s1. The van der Waals surface area contributed by atoms with E-state index in [1.54, 1.807) is 14.0 Å². The van der Waals surface area contributed by atoms with Crippen molar-refractivity contribution >= 4 is 39.5 Å². The fraction of sp³-hybridized carbons (Fsp3) is 0.269. The molecule has 6 N–H and O–H groups in total. The van der Waals surface area contributed by atoms with Crippen LogP contribution in [0.2, 0.25) is 0 Å². The molecule has 1 amide bonds. The number of nitrogen functional groups attached to an aromatic ring is 1. The molecule has 0 spiro atoms. The molecule has 194 valence electrons. The first kappa shape index (κ1) is 26.1. The summed E-state index contributed by atoms with van der Waals surface area (Å²) in [4.78, 5) is 12.8. The molecular formula is C26H29FN6O3S. The SMILES string of the molecule is Cc1c(S(=O)(=O)c2cc(F)c(N)c(C=N)c2)cc(C(=O)N[C@@H](C)c2cccc(C=N)c2NC2CC2)n1C. The minimum Gasteiger partial charge on any atom is -0.396 e. The van der Waals surface area contributed by atoms with Crippen molar-refractivity contribution in [2.45, 2.75) is 48.6 Å². The summed E-state index contributed by atoms with van der Waals surface area (Å²) in [5, 5.41) is 21.5. The predicted molar refractivity (Wildman–Crippen MR) is 141 cm³/mol. The van der Waals surface area contributed by atoms with Crippen molar-refractivity contribution in [2.24, 2.45) is 7.05 Å². The molecule has 37 heavy (non-hydrogen) atoms. The van der Waals surface area contributed by atoms with Crippen LogP contribution in [0.1, 0.15) is 58.7 Å². The van der Waals surface area contributed by atoms with E-state index in [0.717, 1.165) is 42.4 Å². The summed E-state index contributed by atoms with van der Waals surface area (Å²) in [5.41, 5.74) is 7.98. The van der Waals surface area contributed by atoms with Gasteiger partial charge in [-0.25, -0.2) is 12.8 Å². The van der Waals surface area contributed by atoms with Crippen LogP contribution in [0, 0.1) is 23.6 Å². The van der Waals surface area contributed by atoms with Crippen molar-refractivity contribution < 1.29 is 17.6 Å². The summed E-state index contributed by atoms with van der Waals surface area (Å²) >= 11 is 0. The Morgan fingerprint density at radius 2 is 1.86 bits per heavy atom. The first-order valence-corrected chi connectivity index (χ1v) is 13.2. The van der Waals surface area contributed by atoms with E-state index in [1.165, 1.54) is 16.8 Å². The normalized spacial score (nSPS) is 14.2. The third-order valence-corrected chi connectivity index (χ3v) is 8.48. The average molecular weight is 525 g/mol. The zero-order chi connectivity index (χ0) is 27.1. The second-order valence-corrected chi connectivity index (χ2v) is 11.1. The van der Waals surface area contributed by atoms with Gasteiger partial charge in [0.2, 0.25) is 9.84 Å². The fourth-order valence-corrected chi connectivity index (χ4v) is 5.78. The van der Waals surface area contributed by atoms with Crippen LogP contribution < -0.4 is 16.4 Å². The third-order valence-electron chi connectivity index (χ3n) is 6.64. The molecule has 1 atom stereocenters. The number of hydrogen-bond donors (Lipinski definition) is 5. The van der Waals surface area contributed by atoms with Gasteiger partial charge in [-0.1, -0.05) is 18.2 Å². The number of hydrogen-bond acceptors (Lipinski definition) is 7. The van der Waals surface area contributed by atoms with Gasteiger partial charge in [-0.05, 0) is 50.5 Å². The number of benzene rings is 2. The van der Waals surface area contributed by atoms with Crippen LogP contribution >= 0.6 is 0 Å². The lowest BCUT2D eigenvalue weighted by molar-refractivity contribution is 0.0931. The van der Waals surface area contributed by atoms with Gasteiger partial charge in [-0.2, -0.15) is 0 Å². The maximum atomic E-state index is 14.3. The second kappa shape index (κ2) is 9.81. The molecule has 1 saturated carbocycles. The molecule has 1 aromatic heterocycles. The van der Waals surface area contributed by atoms with E-state index in [4.69, 9.17) is 16.6 Å². The second-order valence-electron chi connectivity index (χ2n) is 9.16. The van der Waals surface area contributed by atoms with Crippen molar-refractivity contribution in [1.82, 2.24) is 9.88 Å². The smallest absolute Gasteiger partial charge is 0.268 e. The zero-order valence-electron chi connectivity index (χ0n) is 20.7. The highest BCUT2D eigenvalue weighted by molar-refractivity contribution is 7.91. The molecule has 3 aromatic rings. The summed E-state index contributed by atoms with van der Waals surface area (Å²) < 4.78 is 42.5. The van der Waals surface area contributed by atoms with Gasteiger partial charge in [0.15, 0.2) is 0 Å². The molecule has 1 heterocycles. The largest absolute Gasteiger partial charge is 0.396 e. The molecular weight excluding hydrogens is 495 g/mol. The Balaban J connectivity index is 1.66. The van der Waals surface area contributed by atoms with E-state index in [2.05, 4.69) is 10.6 Å². The Morgan fingerprint density at radius 3 is 2.49 bits per heavy atom. The monoisotopic (exact) mass is 524 g/mol. The summed E-state index contributed by atoms with van der Waals surface area (Å²) in [6.07, 6.45) is 4.15. The van der Waals surface area contributed by atoms with E-state index >= 15 is 0 Å². The Labute approximate surface area is 214 Å². The highest BCUT2D eigenvalue weighted by atomic mass is 32.2. The van der Waals surface area contributed by atoms with Crippen LogP contribution in [-0.2, 0) is 16.9 Å². The average Bonchev–Trinajstić information content (AvgIpc) is 3.63. The van der Waals surface area contributed by atoms with Crippen LogP contribution in [0.3, 0.4) is 0 Å². The third kappa shape index (κ3) is 4.86. The predicted octanol–water partition coefficient (Wildman–Crippen LogP) is 3.95. The maximum absolute atomic E-state index is 14.3. The van der Waals surface area contributed by atoms with E-state index < -0.39 is 27.6 Å². The van der Waals surface area contributed by atoms with Crippen LogP contribution in [0.5, 0.6) is 0 Å². The highest BCUT2D eigenvalue weighted by Crippen LogP contribution is 2.33. The van der Waals surface area contributed by atoms with Gasteiger partial charge in [0.05, 0.1) is 21.5 Å². The van der Waals surface area contributed by atoms with Crippen LogP contribution in [0.15, 0.2) is 46.2 Å². The van der Waals surface area contributed by atoms with E-state index in [1.807, 2.05) is 25.1 Å². The Bertz CT molecular complexity index is 1530. The van der Waals surface area contributed by atoms with Crippen LogP contribution in [-0.4, -0.2) is 37.4 Å². The van der Waals surface area contributed by atoms with Gasteiger partial charge in [-0.15, -0.1) is 0 Å². The maximum Gasteiger partial charge on any atom is 0.268 e. The number of rotatable bonds is 9. The van der Waals surface area contributed by atoms with Gasteiger partial charge in [0.1, 0.15) is 11.5 Å². The Hall–Kier alpha value is -3.99. The number of nitrogens with zero attached hydrogens (tertiary/aromatic N) is 1. The molecule has 1 fully saturated rings. The molecule has 1 aliphatic carbocycles. The first-order valence-electron chi connectivity index (χ1n) is 11.7. The first-order chi connectivity index (χ1) is 17.5. The molecule has 9 nitrogen and oxygen atoms in total. The minimum atomic E-state index is -4.21. The van der Waals surface area contributed by atoms with E-state index in [9.17, 15) is 17.6 Å². The number of aromatic nitrogens is 1. The number of carbonyl (C=O) groups is 1. The quantitative estimate of drug-likeness (QED) is 0.212. The number of para-hydroxylation sites is 1. The van der Waals surface area contributed by atoms with Crippen molar-refractivity contribution in [3.05, 3.63) is 70.3 Å². The molecule has 0 unspecified atom stereocenters. The number of sulfone groups is 1. The molecule has 0 aliphatic heterocycles. The number of nitrogens with one attached hydrogen (secondary N) is 4. The highest BCUT2D eigenvalue weighted by Gasteiger charge is 2.29. The molecule has 1 aliphatic rings. The van der Waals surface area contributed by atoms with E-state index in [0.29, 0.717) is 17.3 Å². The van der Waals surface area contributed by atoms with Crippen LogP contribution in [0.4, 0.5) is 15.8 Å². The van der Waals surface area contributed by atoms with Gasteiger partial charge in [0.25, 0.3) is 5.91 Å². The van der Waals surface area contributed by atoms with Gasteiger partial charge < -0.3 is 31.8 Å². The molecule has 4 rings (SSSR count). The summed E-state index contributed by atoms with van der Waals surface area (Å²) in [7, 11) is -2.63. The lowest BCUT2D eigenvalue weighted by Crippen LogP contribution is -2.29. The summed E-state index contributed by atoms with van der Waals surface area (Å²) in [5.74, 6) is -1.43. The number of nitrogens with two attached hydrogens (primary N) is 1. The van der Waals surface area contributed by atoms with E-state index in [-0.39, 0.29) is 26.7 Å². The van der Waals surface area contributed by atoms with Crippen LogP contribution in [0.25, 0.3) is 0 Å². The molecule has 0 bridgehead atoms. The molecule has 11 heteroatoms. The topological polar surface area (TPSA) is 154 Å². The Morgan fingerprint density at radius 1 is 1.19 bits per heavy atom. The molecule has 0 radical (unpaired) electrons. The molecule has 2 aromatic carbocycles. The van der Waals surface area contributed by atoms with Gasteiger partial charge in [-0.3, -0.25) is 4.79 Å². The summed E-state index contributed by atoms with van der Waals surface area (Å²) in [6, 6.07) is 8.66. The minimum absolute atomic E-state index is 0.0540. The van der Waals surface area contributed by atoms with Gasteiger partial charge >= 0.3 is 0 Å². The number of halogens is 1. The fourth-order valence-electron chi connectivity index (χ4n) is 4.19. The lowest BCUT2D eigenvalue weighted by atomic mass is 10.0. The number of amides is 1. The molecule has 0 saturated heterocycles. The van der Waals surface area contributed by atoms with Gasteiger partial charge in [0, 0.05) is 48.0 Å². The van der Waals surface area contributed by atoms with Crippen molar-refractivity contribution in [2.75, 3.05) is 11.1 Å². The van der Waals surface area contributed by atoms with Crippen molar-refractivity contribution in [3.8, 4) is 0 Å².